The molecule has 2 heterocycles. The predicted molar refractivity (Wildman–Crippen MR) is 89.1 cm³/mol. The second kappa shape index (κ2) is 6.68. The highest BCUT2D eigenvalue weighted by Gasteiger charge is 2.30. The number of ether oxygens (including phenoxy) is 2. The molecule has 0 aliphatic carbocycles. The Morgan fingerprint density at radius 1 is 1.24 bits per heavy atom. The third-order valence-corrected chi connectivity index (χ3v) is 3.82. The lowest BCUT2D eigenvalue weighted by molar-refractivity contribution is 0.0594. The van der Waals surface area contributed by atoms with Crippen molar-refractivity contribution in [2.75, 3.05) is 26.3 Å². The molecule has 1 aromatic heterocycles. The molecule has 1 aliphatic heterocycles. The standard InChI is InChI=1S/C17H17N3O5/c1-19-10-18-20-8-12(17(23)24-2)14(21)15(13(20)16(19)22)25-9-11-6-4-3-5-7-11/h3-8,18H,9-10H2,1-2H3. The van der Waals surface area contributed by atoms with Crippen LogP contribution in [0.2, 0.25) is 0 Å². The molecule has 0 bridgehead atoms. The summed E-state index contributed by atoms with van der Waals surface area (Å²) in [6.45, 7) is 0.318. The number of methoxy groups -OCH3 is 1. The monoisotopic (exact) mass is 343 g/mol. The number of benzene rings is 1. The second-order valence-corrected chi connectivity index (χ2v) is 5.50. The fourth-order valence-electron chi connectivity index (χ4n) is 2.47. The summed E-state index contributed by atoms with van der Waals surface area (Å²) in [5.41, 5.74) is 2.90. The first-order chi connectivity index (χ1) is 12.0. The predicted octanol–water partition coefficient (Wildman–Crippen LogP) is 0.800. The molecule has 1 aliphatic rings. The molecule has 0 saturated carbocycles. The van der Waals surface area contributed by atoms with Crippen LogP contribution in [0, 0.1) is 0 Å². The van der Waals surface area contributed by atoms with Gasteiger partial charge in [-0.05, 0) is 5.56 Å². The van der Waals surface area contributed by atoms with Gasteiger partial charge in [0.1, 0.15) is 18.8 Å². The van der Waals surface area contributed by atoms with Crippen LogP contribution in [0.1, 0.15) is 26.4 Å². The van der Waals surface area contributed by atoms with Gasteiger partial charge >= 0.3 is 5.97 Å². The Labute approximate surface area is 143 Å². The number of hydrogen-bond donors (Lipinski definition) is 1. The van der Waals surface area contributed by atoms with Gasteiger partial charge < -0.3 is 19.8 Å². The van der Waals surface area contributed by atoms with Gasteiger partial charge in [-0.2, -0.15) is 0 Å². The highest BCUT2D eigenvalue weighted by molar-refractivity contribution is 5.98. The van der Waals surface area contributed by atoms with Crippen molar-refractivity contribution in [1.29, 1.82) is 0 Å². The van der Waals surface area contributed by atoms with Crippen molar-refractivity contribution in [2.45, 2.75) is 6.61 Å². The van der Waals surface area contributed by atoms with Gasteiger partial charge in [-0.3, -0.25) is 14.3 Å². The zero-order valence-corrected chi connectivity index (χ0v) is 13.8. The molecule has 1 aromatic carbocycles. The normalized spacial score (nSPS) is 13.0. The van der Waals surface area contributed by atoms with Crippen molar-refractivity contribution in [3.63, 3.8) is 0 Å². The van der Waals surface area contributed by atoms with Gasteiger partial charge in [0.15, 0.2) is 11.4 Å². The van der Waals surface area contributed by atoms with Crippen LogP contribution in [0.15, 0.2) is 41.3 Å². The molecule has 0 radical (unpaired) electrons. The third kappa shape index (κ3) is 3.06. The highest BCUT2D eigenvalue weighted by Crippen LogP contribution is 2.20. The zero-order chi connectivity index (χ0) is 18.0. The summed E-state index contributed by atoms with van der Waals surface area (Å²) in [5.74, 6) is -1.36. The molecule has 0 spiro atoms. The van der Waals surface area contributed by atoms with Crippen LogP contribution < -0.4 is 15.6 Å². The number of fused-ring (bicyclic) bond motifs is 1. The van der Waals surface area contributed by atoms with Gasteiger partial charge in [-0.1, -0.05) is 30.3 Å². The van der Waals surface area contributed by atoms with E-state index in [4.69, 9.17) is 4.74 Å². The Balaban J connectivity index is 2.08. The number of rotatable bonds is 4. The van der Waals surface area contributed by atoms with Gasteiger partial charge in [-0.15, -0.1) is 0 Å². The van der Waals surface area contributed by atoms with Gasteiger partial charge in [0.2, 0.25) is 5.43 Å². The lowest BCUT2D eigenvalue weighted by Gasteiger charge is -2.29. The minimum Gasteiger partial charge on any atom is -0.482 e. The molecule has 0 atom stereocenters. The zero-order valence-electron chi connectivity index (χ0n) is 13.8. The van der Waals surface area contributed by atoms with Crippen molar-refractivity contribution in [3.8, 4) is 5.75 Å². The van der Waals surface area contributed by atoms with Gasteiger partial charge in [0.05, 0.1) is 7.11 Å². The third-order valence-electron chi connectivity index (χ3n) is 3.82. The molecule has 1 N–H and O–H groups in total. The molecule has 25 heavy (non-hydrogen) atoms. The Morgan fingerprint density at radius 2 is 1.96 bits per heavy atom. The number of aromatic nitrogens is 1. The Bertz CT molecular complexity index is 876. The summed E-state index contributed by atoms with van der Waals surface area (Å²) >= 11 is 0. The van der Waals surface area contributed by atoms with Crippen molar-refractivity contribution < 1.29 is 19.1 Å². The number of hydrogen-bond acceptors (Lipinski definition) is 6. The fraction of sp³-hybridized carbons (Fsp3) is 0.235. The molecule has 8 nitrogen and oxygen atoms in total. The number of nitrogens with zero attached hydrogens (tertiary/aromatic N) is 2. The lowest BCUT2D eigenvalue weighted by Crippen LogP contribution is -2.45. The van der Waals surface area contributed by atoms with Gasteiger partial charge in [-0.25, -0.2) is 4.79 Å². The van der Waals surface area contributed by atoms with E-state index >= 15 is 0 Å². The molecule has 8 heteroatoms. The van der Waals surface area contributed by atoms with E-state index in [9.17, 15) is 14.4 Å². The SMILES string of the molecule is COC(=O)c1cn2c(c(OCc3ccccc3)c1=O)C(=O)N(C)CN2. The average Bonchev–Trinajstić information content (AvgIpc) is 2.64. The Morgan fingerprint density at radius 3 is 2.64 bits per heavy atom. The van der Waals surface area contributed by atoms with E-state index in [0.717, 1.165) is 5.56 Å². The maximum atomic E-state index is 12.7. The van der Waals surface area contributed by atoms with Gasteiger partial charge in [0, 0.05) is 13.2 Å². The van der Waals surface area contributed by atoms with E-state index in [-0.39, 0.29) is 36.2 Å². The minimum absolute atomic E-state index is 0.0438. The number of carbonyl (C=O) groups excluding carboxylic acids is 2. The quantitative estimate of drug-likeness (QED) is 0.826. The molecule has 3 rings (SSSR count). The van der Waals surface area contributed by atoms with Crippen LogP contribution in [0.5, 0.6) is 5.75 Å². The largest absolute Gasteiger partial charge is 0.482 e. The molecule has 0 fully saturated rings. The summed E-state index contributed by atoms with van der Waals surface area (Å²) in [6.07, 6.45) is 1.25. The Hall–Kier alpha value is -3.29. The maximum absolute atomic E-state index is 12.7. The molecular formula is C17H17N3O5. The lowest BCUT2D eigenvalue weighted by atomic mass is 10.2. The summed E-state index contributed by atoms with van der Waals surface area (Å²) in [7, 11) is 2.78. The van der Waals surface area contributed by atoms with E-state index < -0.39 is 11.4 Å². The van der Waals surface area contributed by atoms with Crippen molar-refractivity contribution in [3.05, 3.63) is 63.6 Å². The number of esters is 1. The number of amides is 1. The van der Waals surface area contributed by atoms with Crippen LogP contribution >= 0.6 is 0 Å². The molecule has 0 unspecified atom stereocenters. The van der Waals surface area contributed by atoms with E-state index in [0.29, 0.717) is 0 Å². The minimum atomic E-state index is -0.793. The average molecular weight is 343 g/mol. The maximum Gasteiger partial charge on any atom is 0.343 e. The Kier molecular flexibility index (Phi) is 4.42. The van der Waals surface area contributed by atoms with Crippen molar-refractivity contribution in [1.82, 2.24) is 9.58 Å². The van der Waals surface area contributed by atoms with E-state index in [1.165, 1.54) is 22.9 Å². The first kappa shape index (κ1) is 16.6. The summed E-state index contributed by atoms with van der Waals surface area (Å²) < 4.78 is 11.6. The first-order valence-corrected chi connectivity index (χ1v) is 7.57. The summed E-state index contributed by atoms with van der Waals surface area (Å²) in [4.78, 5) is 38.4. The number of pyridine rings is 1. The highest BCUT2D eigenvalue weighted by atomic mass is 16.5. The fourth-order valence-corrected chi connectivity index (χ4v) is 2.47. The molecule has 1 amide bonds. The smallest absolute Gasteiger partial charge is 0.343 e. The van der Waals surface area contributed by atoms with E-state index in [2.05, 4.69) is 10.2 Å². The molecule has 130 valence electrons. The molecular weight excluding hydrogens is 326 g/mol. The molecule has 0 saturated heterocycles. The van der Waals surface area contributed by atoms with E-state index in [1.54, 1.807) is 7.05 Å². The van der Waals surface area contributed by atoms with Crippen molar-refractivity contribution in [2.24, 2.45) is 0 Å². The van der Waals surface area contributed by atoms with Gasteiger partial charge in [0.25, 0.3) is 5.91 Å². The van der Waals surface area contributed by atoms with Crippen LogP contribution in [0.25, 0.3) is 0 Å². The van der Waals surface area contributed by atoms with Crippen LogP contribution in [0.3, 0.4) is 0 Å². The first-order valence-electron chi connectivity index (χ1n) is 7.57. The van der Waals surface area contributed by atoms with Crippen LogP contribution in [-0.4, -0.2) is 42.3 Å². The summed E-state index contributed by atoms with van der Waals surface area (Å²) in [5, 5.41) is 0. The second-order valence-electron chi connectivity index (χ2n) is 5.50. The topological polar surface area (TPSA) is 89.9 Å². The summed E-state index contributed by atoms with van der Waals surface area (Å²) in [6, 6.07) is 9.21. The van der Waals surface area contributed by atoms with Crippen LogP contribution in [0.4, 0.5) is 0 Å². The number of nitrogens with one attached hydrogen (secondary N) is 1. The van der Waals surface area contributed by atoms with E-state index in [1.807, 2.05) is 30.3 Å². The van der Waals surface area contributed by atoms with Crippen molar-refractivity contribution >= 4 is 11.9 Å². The number of carbonyl (C=O) groups is 2. The molecule has 2 aromatic rings. The van der Waals surface area contributed by atoms with Crippen LogP contribution in [-0.2, 0) is 11.3 Å².